The Balaban J connectivity index is 2.20. The van der Waals surface area contributed by atoms with Crippen molar-refractivity contribution in [1.82, 2.24) is 14.5 Å². The van der Waals surface area contributed by atoms with Crippen LogP contribution in [0.2, 0.25) is 0 Å². The van der Waals surface area contributed by atoms with Crippen LogP contribution in [0.25, 0.3) is 10.3 Å². The molecule has 0 amide bonds. The molecule has 3 rings (SSSR count). The van der Waals surface area contributed by atoms with Gasteiger partial charge >= 0.3 is 4.87 Å². The molecule has 1 aliphatic heterocycles. The molecule has 10 nitrogen and oxygen atoms in total. The summed E-state index contributed by atoms with van der Waals surface area (Å²) in [6.45, 7) is -1.02. The third kappa shape index (κ3) is 2.41. The zero-order chi connectivity index (χ0) is 17.5. The van der Waals surface area contributed by atoms with Gasteiger partial charge in [0.2, 0.25) is 11.8 Å². The van der Waals surface area contributed by atoms with Crippen molar-refractivity contribution in [1.29, 1.82) is 0 Å². The lowest BCUT2D eigenvalue weighted by atomic mass is 10.1. The number of terminal acetylenes is 1. The number of ether oxygens (including phenoxy) is 2. The van der Waals surface area contributed by atoms with Crippen molar-refractivity contribution >= 4 is 27.6 Å². The van der Waals surface area contributed by atoms with Crippen LogP contribution < -0.4 is 15.3 Å². The number of aromatic nitrogens is 3. The molecule has 5 N–H and O–H groups in total. The predicted octanol–water partition coefficient (Wildman–Crippen LogP) is -2.16. The highest BCUT2D eigenvalue weighted by molar-refractivity contribution is 7.16. The Hall–Kier alpha value is -2.23. The Kier molecular flexibility index (Phi) is 4.16. The zero-order valence-electron chi connectivity index (χ0n) is 12.2. The van der Waals surface area contributed by atoms with Gasteiger partial charge < -0.3 is 30.5 Å². The van der Waals surface area contributed by atoms with E-state index in [1.807, 2.05) is 0 Å². The Morgan fingerprint density at radius 1 is 1.58 bits per heavy atom. The smallest absolute Gasteiger partial charge is 0.312 e. The van der Waals surface area contributed by atoms with E-state index in [1.54, 1.807) is 0 Å². The average molecular weight is 354 g/mol. The molecule has 0 spiro atoms. The maximum absolute atomic E-state index is 12.4. The lowest BCUT2D eigenvalue weighted by Crippen LogP contribution is -2.50. The van der Waals surface area contributed by atoms with Crippen LogP contribution in [-0.2, 0) is 10.5 Å². The molecule has 0 aromatic carbocycles. The Bertz CT molecular complexity index is 874. The van der Waals surface area contributed by atoms with Crippen LogP contribution in [-0.4, -0.2) is 61.9 Å². The van der Waals surface area contributed by atoms with Crippen LogP contribution in [0.4, 0.5) is 5.95 Å². The van der Waals surface area contributed by atoms with Gasteiger partial charge in [0.1, 0.15) is 16.9 Å². The summed E-state index contributed by atoms with van der Waals surface area (Å²) < 4.78 is 11.5. The van der Waals surface area contributed by atoms with Gasteiger partial charge in [-0.1, -0.05) is 17.3 Å². The quantitative estimate of drug-likeness (QED) is 0.450. The number of aliphatic hydroxyl groups excluding tert-OH is 2. The lowest BCUT2D eigenvalue weighted by molar-refractivity contribution is -0.111. The van der Waals surface area contributed by atoms with Crippen molar-refractivity contribution in [3.63, 3.8) is 0 Å². The third-order valence-electron chi connectivity index (χ3n) is 3.61. The van der Waals surface area contributed by atoms with Crippen molar-refractivity contribution in [2.75, 3.05) is 25.6 Å². The minimum atomic E-state index is -2.10. The van der Waals surface area contributed by atoms with Crippen molar-refractivity contribution in [2.24, 2.45) is 0 Å². The molecule has 0 bridgehead atoms. The van der Waals surface area contributed by atoms with Gasteiger partial charge in [0.05, 0.1) is 13.2 Å². The molecule has 128 valence electrons. The first-order valence-electron chi connectivity index (χ1n) is 6.81. The molecular weight excluding hydrogens is 340 g/mol. The molecule has 0 radical (unpaired) electrons. The molecule has 0 unspecified atom stereocenters. The Morgan fingerprint density at radius 2 is 2.33 bits per heavy atom. The van der Waals surface area contributed by atoms with Gasteiger partial charge in [-0.25, -0.2) is 4.57 Å². The summed E-state index contributed by atoms with van der Waals surface area (Å²) in [5.74, 6) is 2.07. The molecule has 3 atom stereocenters. The summed E-state index contributed by atoms with van der Waals surface area (Å²) in [6, 6.07) is 0. The maximum atomic E-state index is 12.4. The molecule has 1 saturated heterocycles. The fourth-order valence-electron chi connectivity index (χ4n) is 2.50. The largest absolute Gasteiger partial charge is 0.463 e. The van der Waals surface area contributed by atoms with Crippen molar-refractivity contribution in [3.8, 4) is 18.2 Å². The number of hydrogen-bond donors (Lipinski definition) is 4. The van der Waals surface area contributed by atoms with E-state index in [9.17, 15) is 15.0 Å². The van der Waals surface area contributed by atoms with Crippen LogP contribution >= 0.6 is 11.3 Å². The van der Waals surface area contributed by atoms with E-state index in [1.165, 1.54) is 0 Å². The lowest BCUT2D eigenvalue weighted by Gasteiger charge is -2.27. The van der Waals surface area contributed by atoms with E-state index < -0.39 is 36.0 Å². The first kappa shape index (κ1) is 16.6. The summed E-state index contributed by atoms with van der Waals surface area (Å²) in [6.07, 6.45) is 2.56. The van der Waals surface area contributed by atoms with E-state index in [4.69, 9.17) is 26.7 Å². The highest BCUT2D eigenvalue weighted by Crippen LogP contribution is 2.34. The van der Waals surface area contributed by atoms with Gasteiger partial charge in [-0.05, 0) is 0 Å². The molecule has 0 aliphatic carbocycles. The van der Waals surface area contributed by atoms with Crippen molar-refractivity contribution < 1.29 is 24.8 Å². The van der Waals surface area contributed by atoms with E-state index in [2.05, 4.69) is 15.9 Å². The number of fused-ring (bicyclic) bond motifs is 1. The topological polar surface area (TPSA) is 153 Å². The minimum absolute atomic E-state index is 0.00649. The van der Waals surface area contributed by atoms with Gasteiger partial charge in [-0.3, -0.25) is 4.79 Å². The first-order chi connectivity index (χ1) is 11.4. The van der Waals surface area contributed by atoms with Crippen LogP contribution in [0.3, 0.4) is 0 Å². The number of nitrogens with zero attached hydrogens (tertiary/aromatic N) is 3. The summed E-state index contributed by atoms with van der Waals surface area (Å²) in [7, 11) is 0. The molecule has 2 aromatic rings. The van der Waals surface area contributed by atoms with E-state index in [-0.39, 0.29) is 28.8 Å². The number of hydrogen-bond acceptors (Lipinski definition) is 10. The van der Waals surface area contributed by atoms with Crippen LogP contribution in [0, 0.1) is 12.3 Å². The fourth-order valence-corrected chi connectivity index (χ4v) is 3.43. The highest BCUT2D eigenvalue weighted by Gasteiger charge is 2.51. The second-order valence-electron chi connectivity index (χ2n) is 5.09. The van der Waals surface area contributed by atoms with Crippen molar-refractivity contribution in [2.45, 2.75) is 17.9 Å². The standard InChI is InChI=1S/C13H14N4O6S/c1-2-3-22-10-7-9(15-11(14)16-10)17(12(20)24-7)13(21)5-23-6(4-18)8(13)19/h1,6,8,18-19,21H,3-5H2,(H2,14,15,16)/t6-,8-,13-/m1/s1. The SMILES string of the molecule is C#CCOc1nc(N)nc2c1sc(=O)n2[C@@]1(O)CO[C@H](CO)[C@H]1O. The molecule has 1 aliphatic rings. The third-order valence-corrected chi connectivity index (χ3v) is 4.53. The van der Waals surface area contributed by atoms with E-state index >= 15 is 0 Å². The highest BCUT2D eigenvalue weighted by atomic mass is 32.1. The predicted molar refractivity (Wildman–Crippen MR) is 83.4 cm³/mol. The van der Waals surface area contributed by atoms with Gasteiger partial charge in [0.15, 0.2) is 18.0 Å². The number of anilines is 1. The number of rotatable bonds is 4. The monoisotopic (exact) mass is 354 g/mol. The van der Waals surface area contributed by atoms with Gasteiger partial charge in [0, 0.05) is 0 Å². The molecule has 11 heteroatoms. The molecule has 3 heterocycles. The minimum Gasteiger partial charge on any atom is -0.463 e. The molecular formula is C13H14N4O6S. The normalized spacial score (nSPS) is 26.6. The number of thiazole rings is 1. The zero-order valence-corrected chi connectivity index (χ0v) is 13.1. The van der Waals surface area contributed by atoms with Gasteiger partial charge in [-0.15, -0.1) is 6.42 Å². The number of nitrogen functional groups attached to an aromatic ring is 1. The second kappa shape index (κ2) is 6.00. The summed E-state index contributed by atoms with van der Waals surface area (Å²) in [4.78, 5) is 19.6. The molecule has 0 saturated carbocycles. The summed E-state index contributed by atoms with van der Waals surface area (Å²) >= 11 is 0.705. The Labute approximate surface area is 139 Å². The molecule has 24 heavy (non-hydrogen) atoms. The van der Waals surface area contributed by atoms with E-state index in [0.29, 0.717) is 11.3 Å². The number of aliphatic hydroxyl groups is 3. The summed E-state index contributed by atoms with van der Waals surface area (Å²) in [5.41, 5.74) is 3.50. The van der Waals surface area contributed by atoms with Gasteiger partial charge in [-0.2, -0.15) is 9.97 Å². The summed E-state index contributed by atoms with van der Waals surface area (Å²) in [5, 5.41) is 30.2. The first-order valence-corrected chi connectivity index (χ1v) is 7.62. The fraction of sp³-hybridized carbons (Fsp3) is 0.462. The van der Waals surface area contributed by atoms with Gasteiger partial charge in [0.25, 0.3) is 0 Å². The van der Waals surface area contributed by atoms with Crippen LogP contribution in [0.1, 0.15) is 0 Å². The van der Waals surface area contributed by atoms with E-state index in [0.717, 1.165) is 4.57 Å². The van der Waals surface area contributed by atoms with Crippen LogP contribution in [0.5, 0.6) is 5.88 Å². The maximum Gasteiger partial charge on any atom is 0.312 e. The van der Waals surface area contributed by atoms with Crippen LogP contribution in [0.15, 0.2) is 4.79 Å². The second-order valence-corrected chi connectivity index (χ2v) is 6.05. The molecule has 1 fully saturated rings. The Morgan fingerprint density at radius 3 is 2.96 bits per heavy atom. The molecule has 2 aromatic heterocycles. The number of nitrogens with two attached hydrogens (primary N) is 1. The van der Waals surface area contributed by atoms with Crippen molar-refractivity contribution in [3.05, 3.63) is 9.67 Å². The average Bonchev–Trinajstić information content (AvgIpc) is 3.02.